The number of aromatic nitrogens is 1. The molecule has 0 radical (unpaired) electrons. The minimum atomic E-state index is -0.408. The predicted octanol–water partition coefficient (Wildman–Crippen LogP) is 0.484. The van der Waals surface area contributed by atoms with Crippen molar-refractivity contribution in [2.75, 3.05) is 13.1 Å². The van der Waals surface area contributed by atoms with Crippen molar-refractivity contribution in [1.82, 2.24) is 9.47 Å². The van der Waals surface area contributed by atoms with Crippen LogP contribution in [0.2, 0.25) is 0 Å². The number of carbonyl (C=O) groups excluding carboxylic acids is 1. The molecule has 1 fully saturated rings. The standard InChI is InChI=1S/C9H11N3O3/c13-7-11-4-8(5-11)3-10-2-1-9(6-10)12(14)15/h1-2,6-8H,3-5H2. The smallest absolute Gasteiger partial charge is 0.286 e. The van der Waals surface area contributed by atoms with Gasteiger partial charge in [0.05, 0.1) is 11.1 Å². The van der Waals surface area contributed by atoms with Crippen molar-refractivity contribution in [1.29, 1.82) is 0 Å². The highest BCUT2D eigenvalue weighted by atomic mass is 16.6. The Kier molecular flexibility index (Phi) is 2.40. The Balaban J connectivity index is 1.89. The van der Waals surface area contributed by atoms with Crippen LogP contribution in [0.15, 0.2) is 18.5 Å². The first-order valence-electron chi connectivity index (χ1n) is 4.68. The first-order chi connectivity index (χ1) is 7.19. The topological polar surface area (TPSA) is 68.4 Å². The number of hydrogen-bond acceptors (Lipinski definition) is 3. The van der Waals surface area contributed by atoms with Crippen molar-refractivity contribution in [3.05, 3.63) is 28.6 Å². The lowest BCUT2D eigenvalue weighted by Crippen LogP contribution is -2.47. The summed E-state index contributed by atoms with van der Waals surface area (Å²) in [5.74, 6) is 0.419. The summed E-state index contributed by atoms with van der Waals surface area (Å²) in [6.45, 7) is 2.23. The van der Waals surface area contributed by atoms with Crippen LogP contribution in [0.3, 0.4) is 0 Å². The Morgan fingerprint density at radius 1 is 1.60 bits per heavy atom. The summed E-state index contributed by atoms with van der Waals surface area (Å²) in [5, 5.41) is 10.4. The molecule has 1 saturated heterocycles. The summed E-state index contributed by atoms with van der Waals surface area (Å²) in [6, 6.07) is 1.48. The second-order valence-electron chi connectivity index (χ2n) is 3.75. The Morgan fingerprint density at radius 3 is 2.87 bits per heavy atom. The highest BCUT2D eigenvalue weighted by Crippen LogP contribution is 2.18. The summed E-state index contributed by atoms with van der Waals surface area (Å²) in [6.07, 6.45) is 4.04. The van der Waals surface area contributed by atoms with Gasteiger partial charge in [0.2, 0.25) is 6.41 Å². The summed E-state index contributed by atoms with van der Waals surface area (Å²) < 4.78 is 1.80. The van der Waals surface area contributed by atoms with Gasteiger partial charge in [-0.15, -0.1) is 0 Å². The second kappa shape index (κ2) is 3.72. The average molecular weight is 209 g/mol. The summed E-state index contributed by atoms with van der Waals surface area (Å²) >= 11 is 0. The number of nitro groups is 1. The van der Waals surface area contributed by atoms with E-state index in [1.54, 1.807) is 15.7 Å². The van der Waals surface area contributed by atoms with E-state index >= 15 is 0 Å². The monoisotopic (exact) mass is 209 g/mol. The van der Waals surface area contributed by atoms with Crippen molar-refractivity contribution in [2.45, 2.75) is 6.54 Å². The molecule has 1 amide bonds. The molecule has 0 saturated carbocycles. The fourth-order valence-electron chi connectivity index (χ4n) is 1.76. The first kappa shape index (κ1) is 9.70. The number of hydrogen-bond donors (Lipinski definition) is 0. The largest absolute Gasteiger partial charge is 0.348 e. The molecule has 0 aromatic carbocycles. The molecule has 2 heterocycles. The molecule has 1 aliphatic rings. The lowest BCUT2D eigenvalue weighted by molar-refractivity contribution is -0.384. The van der Waals surface area contributed by atoms with Gasteiger partial charge in [0.15, 0.2) is 0 Å². The molecule has 15 heavy (non-hydrogen) atoms. The highest BCUT2D eigenvalue weighted by Gasteiger charge is 2.25. The van der Waals surface area contributed by atoms with E-state index in [2.05, 4.69) is 0 Å². The van der Waals surface area contributed by atoms with Gasteiger partial charge < -0.3 is 9.47 Å². The molecule has 1 aliphatic heterocycles. The number of likely N-dealkylation sites (tertiary alicyclic amines) is 1. The second-order valence-corrected chi connectivity index (χ2v) is 3.75. The van der Waals surface area contributed by atoms with Crippen LogP contribution in [-0.2, 0) is 11.3 Å². The summed E-state index contributed by atoms with van der Waals surface area (Å²) in [7, 11) is 0. The molecule has 6 nitrogen and oxygen atoms in total. The quantitative estimate of drug-likeness (QED) is 0.411. The lowest BCUT2D eigenvalue weighted by atomic mass is 10.0. The third kappa shape index (κ3) is 1.98. The normalized spacial score (nSPS) is 16.1. The van der Waals surface area contributed by atoms with Crippen LogP contribution in [0, 0.1) is 16.0 Å². The summed E-state index contributed by atoms with van der Waals surface area (Å²) in [4.78, 5) is 22.0. The van der Waals surface area contributed by atoms with Gasteiger partial charge in [-0.25, -0.2) is 0 Å². The van der Waals surface area contributed by atoms with Gasteiger partial charge >= 0.3 is 0 Å². The Morgan fingerprint density at radius 2 is 2.33 bits per heavy atom. The van der Waals surface area contributed by atoms with E-state index in [9.17, 15) is 14.9 Å². The third-order valence-electron chi connectivity index (χ3n) is 2.55. The molecule has 0 atom stereocenters. The first-order valence-corrected chi connectivity index (χ1v) is 4.68. The van der Waals surface area contributed by atoms with E-state index in [1.165, 1.54) is 12.3 Å². The number of nitrogens with zero attached hydrogens (tertiary/aromatic N) is 3. The molecule has 0 aliphatic carbocycles. The van der Waals surface area contributed by atoms with Crippen LogP contribution in [0.25, 0.3) is 0 Å². The number of amides is 1. The van der Waals surface area contributed by atoms with E-state index in [1.807, 2.05) is 0 Å². The Bertz CT molecular complexity index is 382. The zero-order chi connectivity index (χ0) is 10.8. The molecule has 80 valence electrons. The van der Waals surface area contributed by atoms with Crippen LogP contribution in [-0.4, -0.2) is 33.9 Å². The Hall–Kier alpha value is -1.85. The maximum absolute atomic E-state index is 10.4. The van der Waals surface area contributed by atoms with Crippen molar-refractivity contribution < 1.29 is 9.72 Å². The van der Waals surface area contributed by atoms with Crippen LogP contribution in [0.4, 0.5) is 5.69 Å². The minimum absolute atomic E-state index is 0.113. The van der Waals surface area contributed by atoms with Crippen molar-refractivity contribution in [3.63, 3.8) is 0 Å². The van der Waals surface area contributed by atoms with Crippen LogP contribution in [0.5, 0.6) is 0 Å². The third-order valence-corrected chi connectivity index (χ3v) is 2.55. The summed E-state index contributed by atoms with van der Waals surface area (Å²) in [5.41, 5.74) is 0.113. The van der Waals surface area contributed by atoms with Gasteiger partial charge in [-0.2, -0.15) is 0 Å². The SMILES string of the molecule is O=CN1CC(Cn2ccc([N+](=O)[O-])c2)C1. The maximum atomic E-state index is 10.4. The van der Waals surface area contributed by atoms with Gasteiger partial charge in [-0.05, 0) is 0 Å². The molecule has 6 heteroatoms. The molecule has 2 rings (SSSR count). The van der Waals surface area contributed by atoms with Crippen LogP contribution >= 0.6 is 0 Å². The van der Waals surface area contributed by atoms with E-state index in [4.69, 9.17) is 0 Å². The minimum Gasteiger partial charge on any atom is -0.348 e. The van der Waals surface area contributed by atoms with Crippen molar-refractivity contribution in [3.8, 4) is 0 Å². The van der Waals surface area contributed by atoms with E-state index in [-0.39, 0.29) is 5.69 Å². The highest BCUT2D eigenvalue weighted by molar-refractivity contribution is 5.48. The fraction of sp³-hybridized carbons (Fsp3) is 0.444. The number of rotatable bonds is 4. The Labute approximate surface area is 86.2 Å². The zero-order valence-corrected chi connectivity index (χ0v) is 8.07. The van der Waals surface area contributed by atoms with Crippen LogP contribution < -0.4 is 0 Å². The van der Waals surface area contributed by atoms with Gasteiger partial charge in [0.25, 0.3) is 5.69 Å². The lowest BCUT2D eigenvalue weighted by Gasteiger charge is -2.36. The molecule has 0 bridgehead atoms. The van der Waals surface area contributed by atoms with E-state index in [0.717, 1.165) is 26.0 Å². The van der Waals surface area contributed by atoms with Crippen molar-refractivity contribution >= 4 is 12.1 Å². The molecule has 1 aromatic heterocycles. The zero-order valence-electron chi connectivity index (χ0n) is 8.07. The molecular formula is C9H11N3O3. The van der Waals surface area contributed by atoms with Crippen molar-refractivity contribution in [2.24, 2.45) is 5.92 Å². The van der Waals surface area contributed by atoms with Gasteiger partial charge in [0.1, 0.15) is 0 Å². The van der Waals surface area contributed by atoms with Gasteiger partial charge in [0, 0.05) is 37.8 Å². The molecule has 0 unspecified atom stereocenters. The van der Waals surface area contributed by atoms with E-state index < -0.39 is 4.92 Å². The molecule has 0 N–H and O–H groups in total. The average Bonchev–Trinajstić information content (AvgIpc) is 2.58. The molecule has 0 spiro atoms. The maximum Gasteiger partial charge on any atom is 0.286 e. The molecular weight excluding hydrogens is 198 g/mol. The van der Waals surface area contributed by atoms with Gasteiger partial charge in [-0.1, -0.05) is 0 Å². The number of carbonyl (C=O) groups is 1. The van der Waals surface area contributed by atoms with E-state index in [0.29, 0.717) is 5.92 Å². The molecule has 1 aromatic rings. The van der Waals surface area contributed by atoms with Crippen LogP contribution in [0.1, 0.15) is 0 Å². The van der Waals surface area contributed by atoms with Gasteiger partial charge in [-0.3, -0.25) is 14.9 Å². The predicted molar refractivity (Wildman–Crippen MR) is 52.2 cm³/mol. The fourth-order valence-corrected chi connectivity index (χ4v) is 1.76.